The molecular weight excluding hydrogens is 342 g/mol. The van der Waals surface area contributed by atoms with Crippen molar-refractivity contribution in [3.63, 3.8) is 0 Å². The van der Waals surface area contributed by atoms with E-state index in [1.165, 1.54) is 12.1 Å². The zero-order valence-electron chi connectivity index (χ0n) is 9.05. The van der Waals surface area contributed by atoms with Gasteiger partial charge in [0.25, 0.3) is 0 Å². The van der Waals surface area contributed by atoms with Gasteiger partial charge in [0.05, 0.1) is 15.7 Å². The Kier molecular flexibility index (Phi) is 4.43. The number of hydrogen-bond acceptors (Lipinski definition) is 2. The summed E-state index contributed by atoms with van der Waals surface area (Å²) in [7, 11) is 0. The second-order valence-electron chi connectivity index (χ2n) is 3.57. The van der Waals surface area contributed by atoms with E-state index in [0.717, 1.165) is 5.56 Å². The minimum atomic E-state index is -0.389. The van der Waals surface area contributed by atoms with Gasteiger partial charge >= 0.3 is 0 Å². The highest BCUT2D eigenvalue weighted by Crippen LogP contribution is 2.32. The van der Waals surface area contributed by atoms with Gasteiger partial charge in [-0.2, -0.15) is 0 Å². The normalized spacial score (nSPS) is 10.4. The van der Waals surface area contributed by atoms with Crippen molar-refractivity contribution in [2.24, 2.45) is 0 Å². The molecule has 1 aromatic carbocycles. The van der Waals surface area contributed by atoms with Crippen LogP contribution >= 0.6 is 39.1 Å². The van der Waals surface area contributed by atoms with Crippen LogP contribution < -0.4 is 5.32 Å². The molecule has 1 aromatic heterocycles. The summed E-state index contributed by atoms with van der Waals surface area (Å²) in [5, 5.41) is 3.99. The minimum Gasteiger partial charge on any atom is -0.379 e. The lowest BCUT2D eigenvalue weighted by molar-refractivity contribution is 0.627. The number of nitrogens with one attached hydrogen (secondary N) is 1. The molecule has 2 aromatic rings. The molecule has 0 aliphatic heterocycles. The summed E-state index contributed by atoms with van der Waals surface area (Å²) < 4.78 is 13.6. The summed E-state index contributed by atoms with van der Waals surface area (Å²) in [6, 6.07) is 4.41. The quantitative estimate of drug-likeness (QED) is 0.852. The van der Waals surface area contributed by atoms with Crippen molar-refractivity contribution in [2.75, 3.05) is 5.32 Å². The molecule has 0 fully saturated rings. The molecule has 0 atom stereocenters. The van der Waals surface area contributed by atoms with Crippen LogP contribution in [0.25, 0.3) is 0 Å². The molecular formula is C12H8BrCl2FN2. The van der Waals surface area contributed by atoms with Crippen LogP contribution in [0.15, 0.2) is 35.1 Å². The van der Waals surface area contributed by atoms with Gasteiger partial charge in [-0.25, -0.2) is 4.39 Å². The maximum Gasteiger partial charge on any atom is 0.125 e. The van der Waals surface area contributed by atoms with E-state index in [4.69, 9.17) is 23.2 Å². The van der Waals surface area contributed by atoms with E-state index in [1.54, 1.807) is 18.5 Å². The summed E-state index contributed by atoms with van der Waals surface area (Å²) in [5.74, 6) is -0.389. The fourth-order valence-corrected chi connectivity index (χ4v) is 2.59. The van der Waals surface area contributed by atoms with Gasteiger partial charge in [-0.1, -0.05) is 23.2 Å². The van der Waals surface area contributed by atoms with Crippen molar-refractivity contribution in [2.45, 2.75) is 6.54 Å². The topological polar surface area (TPSA) is 24.9 Å². The van der Waals surface area contributed by atoms with Gasteiger partial charge in [0.15, 0.2) is 0 Å². The van der Waals surface area contributed by atoms with E-state index < -0.39 is 0 Å². The number of pyridine rings is 1. The van der Waals surface area contributed by atoms with E-state index in [0.29, 0.717) is 26.8 Å². The average molecular weight is 350 g/mol. The van der Waals surface area contributed by atoms with Gasteiger partial charge < -0.3 is 5.32 Å². The second-order valence-corrected chi connectivity index (χ2v) is 5.23. The first kappa shape index (κ1) is 13.6. The molecule has 0 radical (unpaired) electrons. The third kappa shape index (κ3) is 3.13. The van der Waals surface area contributed by atoms with Crippen molar-refractivity contribution in [3.05, 3.63) is 56.5 Å². The number of aromatic nitrogens is 1. The number of nitrogens with zero attached hydrogens (tertiary/aromatic N) is 1. The molecule has 1 heterocycles. The third-order valence-electron chi connectivity index (χ3n) is 2.32. The van der Waals surface area contributed by atoms with Crippen molar-refractivity contribution < 1.29 is 4.39 Å². The lowest BCUT2D eigenvalue weighted by atomic mass is 10.2. The van der Waals surface area contributed by atoms with E-state index in [2.05, 4.69) is 26.2 Å². The third-order valence-corrected chi connectivity index (χ3v) is 3.58. The zero-order chi connectivity index (χ0) is 13.1. The monoisotopic (exact) mass is 348 g/mol. The number of hydrogen-bond donors (Lipinski definition) is 1. The Morgan fingerprint density at radius 3 is 2.72 bits per heavy atom. The fraction of sp³-hybridized carbons (Fsp3) is 0.0833. The van der Waals surface area contributed by atoms with Gasteiger partial charge in [0.2, 0.25) is 0 Å². The highest BCUT2D eigenvalue weighted by molar-refractivity contribution is 9.10. The van der Waals surface area contributed by atoms with E-state index in [-0.39, 0.29) is 5.82 Å². The fourth-order valence-electron chi connectivity index (χ4n) is 1.44. The standard InChI is InChI=1S/C12H8BrCl2FN2/c13-9-3-8(16)4-10(14)12(9)18-5-7-1-2-17-6-11(7)15/h1-4,6,18H,5H2. The Hall–Kier alpha value is -0.840. The average Bonchev–Trinajstić information content (AvgIpc) is 2.30. The molecule has 6 heteroatoms. The van der Waals surface area contributed by atoms with Gasteiger partial charge in [0.1, 0.15) is 5.82 Å². The number of rotatable bonds is 3. The van der Waals surface area contributed by atoms with Crippen LogP contribution in [-0.4, -0.2) is 4.98 Å². The van der Waals surface area contributed by atoms with Crippen molar-refractivity contribution in [1.29, 1.82) is 0 Å². The van der Waals surface area contributed by atoms with Crippen molar-refractivity contribution >= 4 is 44.8 Å². The van der Waals surface area contributed by atoms with E-state index in [1.807, 2.05) is 0 Å². The zero-order valence-corrected chi connectivity index (χ0v) is 12.2. The molecule has 0 bridgehead atoms. The molecule has 0 aliphatic rings. The lowest BCUT2D eigenvalue weighted by Gasteiger charge is -2.11. The predicted molar refractivity (Wildman–Crippen MR) is 75.7 cm³/mol. The summed E-state index contributed by atoms with van der Waals surface area (Å²) in [5.41, 5.74) is 1.52. The number of halogens is 4. The van der Waals surface area contributed by atoms with Gasteiger partial charge in [-0.15, -0.1) is 0 Å². The highest BCUT2D eigenvalue weighted by atomic mass is 79.9. The van der Waals surface area contributed by atoms with Crippen LogP contribution in [0.4, 0.5) is 10.1 Å². The Labute approximate surface area is 122 Å². The minimum absolute atomic E-state index is 0.312. The second kappa shape index (κ2) is 5.87. The van der Waals surface area contributed by atoms with Crippen LogP contribution in [0, 0.1) is 5.82 Å². The van der Waals surface area contributed by atoms with Gasteiger partial charge in [-0.05, 0) is 39.7 Å². The van der Waals surface area contributed by atoms with Crippen molar-refractivity contribution in [3.8, 4) is 0 Å². The van der Waals surface area contributed by atoms with E-state index >= 15 is 0 Å². The molecule has 0 unspecified atom stereocenters. The van der Waals surface area contributed by atoms with Crippen LogP contribution in [0.2, 0.25) is 10.0 Å². The Morgan fingerprint density at radius 1 is 1.28 bits per heavy atom. The molecule has 0 amide bonds. The van der Waals surface area contributed by atoms with Gasteiger partial charge in [0, 0.05) is 23.4 Å². The molecule has 18 heavy (non-hydrogen) atoms. The smallest absolute Gasteiger partial charge is 0.125 e. The molecule has 2 rings (SSSR count). The summed E-state index contributed by atoms with van der Waals surface area (Å²) in [4.78, 5) is 3.90. The van der Waals surface area contributed by atoms with Crippen LogP contribution in [0.3, 0.4) is 0 Å². The molecule has 0 saturated carbocycles. The Balaban J connectivity index is 2.19. The lowest BCUT2D eigenvalue weighted by Crippen LogP contribution is -2.02. The molecule has 0 saturated heterocycles. The first-order valence-electron chi connectivity index (χ1n) is 5.04. The molecule has 94 valence electrons. The molecule has 0 spiro atoms. The van der Waals surface area contributed by atoms with Crippen LogP contribution in [-0.2, 0) is 6.54 Å². The number of anilines is 1. The van der Waals surface area contributed by atoms with E-state index in [9.17, 15) is 4.39 Å². The molecule has 0 aliphatic carbocycles. The first-order chi connectivity index (χ1) is 8.58. The maximum absolute atomic E-state index is 13.1. The largest absolute Gasteiger partial charge is 0.379 e. The maximum atomic E-state index is 13.1. The molecule has 2 nitrogen and oxygen atoms in total. The predicted octanol–water partition coefficient (Wildman–Crippen LogP) is 4.90. The summed E-state index contributed by atoms with van der Waals surface area (Å²) in [6.45, 7) is 0.477. The van der Waals surface area contributed by atoms with Crippen LogP contribution in [0.5, 0.6) is 0 Å². The number of benzene rings is 1. The van der Waals surface area contributed by atoms with Crippen LogP contribution in [0.1, 0.15) is 5.56 Å². The SMILES string of the molecule is Fc1cc(Cl)c(NCc2ccncc2Cl)c(Br)c1. The van der Waals surface area contributed by atoms with Gasteiger partial charge in [-0.3, -0.25) is 4.98 Å². The summed E-state index contributed by atoms with van der Waals surface area (Å²) >= 11 is 15.2. The summed E-state index contributed by atoms with van der Waals surface area (Å²) in [6.07, 6.45) is 3.23. The Morgan fingerprint density at radius 2 is 2.06 bits per heavy atom. The van der Waals surface area contributed by atoms with Crippen molar-refractivity contribution in [1.82, 2.24) is 4.98 Å². The Bertz CT molecular complexity index is 555. The first-order valence-corrected chi connectivity index (χ1v) is 6.59. The molecule has 1 N–H and O–H groups in total. The highest BCUT2D eigenvalue weighted by Gasteiger charge is 2.08.